The third kappa shape index (κ3) is 2.56. The summed E-state index contributed by atoms with van der Waals surface area (Å²) >= 11 is 3.05. The van der Waals surface area contributed by atoms with Crippen LogP contribution in [0.3, 0.4) is 0 Å². The summed E-state index contributed by atoms with van der Waals surface area (Å²) in [5.41, 5.74) is 0.506. The summed E-state index contributed by atoms with van der Waals surface area (Å²) in [5.74, 6) is -1.19. The van der Waals surface area contributed by atoms with Crippen molar-refractivity contribution in [3.8, 4) is 11.5 Å². The largest absolute Gasteiger partial charge is 0.459 e. The molecule has 5 nitrogen and oxygen atoms in total. The highest BCUT2D eigenvalue weighted by Crippen LogP contribution is 2.24. The first-order chi connectivity index (χ1) is 8.61. The zero-order chi connectivity index (χ0) is 13.1. The van der Waals surface area contributed by atoms with Crippen LogP contribution in [0.2, 0.25) is 0 Å². The molecule has 0 spiro atoms. The van der Waals surface area contributed by atoms with Gasteiger partial charge in [-0.1, -0.05) is 0 Å². The molecule has 0 amide bonds. The Morgan fingerprint density at radius 1 is 1.50 bits per heavy atom. The van der Waals surface area contributed by atoms with Crippen LogP contribution < -0.4 is 0 Å². The van der Waals surface area contributed by atoms with E-state index in [-0.39, 0.29) is 22.9 Å². The number of carbonyl (C=O) groups is 1. The van der Waals surface area contributed by atoms with Crippen molar-refractivity contribution >= 4 is 21.9 Å². The molecule has 0 aliphatic carbocycles. The maximum absolute atomic E-state index is 13.1. The zero-order valence-electron chi connectivity index (χ0n) is 9.31. The van der Waals surface area contributed by atoms with Crippen LogP contribution in [0, 0.1) is 5.82 Å². The number of hydrogen-bond acceptors (Lipinski definition) is 5. The molecule has 2 aromatic rings. The molecule has 18 heavy (non-hydrogen) atoms. The van der Waals surface area contributed by atoms with Gasteiger partial charge in [0.25, 0.3) is 0 Å². The molecular weight excluding hydrogens is 307 g/mol. The van der Waals surface area contributed by atoms with Crippen LogP contribution >= 0.6 is 15.9 Å². The third-order valence-electron chi connectivity index (χ3n) is 2.04. The van der Waals surface area contributed by atoms with Gasteiger partial charge in [0.2, 0.25) is 5.89 Å². The number of rotatable bonds is 3. The minimum absolute atomic E-state index is 0.124. The van der Waals surface area contributed by atoms with Gasteiger partial charge >= 0.3 is 11.9 Å². The molecule has 1 heterocycles. The Balaban J connectivity index is 2.29. The number of nitrogens with zero attached hydrogens (tertiary/aromatic N) is 2. The number of hydrogen-bond donors (Lipinski definition) is 0. The van der Waals surface area contributed by atoms with E-state index in [1.807, 2.05) is 0 Å². The van der Waals surface area contributed by atoms with Crippen LogP contribution in [-0.4, -0.2) is 22.8 Å². The lowest BCUT2D eigenvalue weighted by Gasteiger charge is -1.97. The van der Waals surface area contributed by atoms with Crippen molar-refractivity contribution in [2.75, 3.05) is 6.61 Å². The van der Waals surface area contributed by atoms with Gasteiger partial charge in [-0.3, -0.25) is 0 Å². The maximum Gasteiger partial charge on any atom is 0.396 e. The van der Waals surface area contributed by atoms with Gasteiger partial charge < -0.3 is 9.15 Å². The molecule has 0 aliphatic rings. The fraction of sp³-hybridized carbons (Fsp3) is 0.182. The van der Waals surface area contributed by atoms with Crippen molar-refractivity contribution in [2.24, 2.45) is 0 Å². The van der Waals surface area contributed by atoms with Gasteiger partial charge in [0, 0.05) is 5.56 Å². The van der Waals surface area contributed by atoms with E-state index < -0.39 is 11.8 Å². The van der Waals surface area contributed by atoms with Crippen molar-refractivity contribution in [3.63, 3.8) is 0 Å². The Hall–Kier alpha value is -1.76. The van der Waals surface area contributed by atoms with Gasteiger partial charge in [-0.2, -0.15) is 0 Å². The van der Waals surface area contributed by atoms with Gasteiger partial charge in [0.15, 0.2) is 0 Å². The molecule has 0 bridgehead atoms. The van der Waals surface area contributed by atoms with Crippen molar-refractivity contribution in [3.05, 3.63) is 34.4 Å². The summed E-state index contributed by atoms with van der Waals surface area (Å²) < 4.78 is 23.2. The fourth-order valence-corrected chi connectivity index (χ4v) is 1.62. The Morgan fingerprint density at radius 3 is 2.94 bits per heavy atom. The van der Waals surface area contributed by atoms with Crippen molar-refractivity contribution in [1.29, 1.82) is 0 Å². The first-order valence-electron chi connectivity index (χ1n) is 5.08. The smallest absolute Gasteiger partial charge is 0.396 e. The van der Waals surface area contributed by atoms with Crippen molar-refractivity contribution < 1.29 is 18.3 Å². The molecule has 0 saturated carbocycles. The Bertz CT molecular complexity index is 585. The highest BCUT2D eigenvalue weighted by molar-refractivity contribution is 9.10. The summed E-state index contributed by atoms with van der Waals surface area (Å²) in [6.45, 7) is 1.89. The monoisotopic (exact) mass is 314 g/mol. The molecule has 7 heteroatoms. The van der Waals surface area contributed by atoms with Crippen LogP contribution in [0.4, 0.5) is 4.39 Å². The predicted molar refractivity (Wildman–Crippen MR) is 63.3 cm³/mol. The number of esters is 1. The van der Waals surface area contributed by atoms with E-state index in [1.54, 1.807) is 6.92 Å². The quantitative estimate of drug-likeness (QED) is 0.815. The Kier molecular flexibility index (Phi) is 3.71. The lowest BCUT2D eigenvalue weighted by molar-refractivity contribution is 0.0481. The van der Waals surface area contributed by atoms with Crippen LogP contribution in [-0.2, 0) is 4.74 Å². The van der Waals surface area contributed by atoms with Gasteiger partial charge in [0.1, 0.15) is 5.82 Å². The van der Waals surface area contributed by atoms with Crippen molar-refractivity contribution in [1.82, 2.24) is 10.2 Å². The Labute approximate surface area is 110 Å². The first kappa shape index (κ1) is 12.7. The molecule has 0 fully saturated rings. The minimum Gasteiger partial charge on any atom is -0.459 e. The van der Waals surface area contributed by atoms with E-state index in [2.05, 4.69) is 26.1 Å². The standard InChI is InChI=1S/C11H8BrFN2O3/c1-2-17-11(16)10-15-14-9(18-10)6-3-4-8(13)7(12)5-6/h3-5H,2H2,1H3. The molecule has 0 atom stereocenters. The van der Waals surface area contributed by atoms with Gasteiger partial charge in [-0.15, -0.1) is 10.2 Å². The second-order valence-electron chi connectivity index (χ2n) is 3.26. The molecule has 2 rings (SSSR count). The molecule has 0 saturated heterocycles. The Morgan fingerprint density at radius 2 is 2.28 bits per heavy atom. The maximum atomic E-state index is 13.1. The van der Waals surface area contributed by atoms with Crippen LogP contribution in [0.25, 0.3) is 11.5 Å². The molecule has 1 aromatic heterocycles. The summed E-state index contributed by atoms with van der Waals surface area (Å²) in [5, 5.41) is 7.26. The normalized spacial score (nSPS) is 10.4. The van der Waals surface area contributed by atoms with Crippen LogP contribution in [0.1, 0.15) is 17.6 Å². The lowest BCUT2D eigenvalue weighted by Crippen LogP contribution is -2.04. The summed E-state index contributed by atoms with van der Waals surface area (Å²) in [4.78, 5) is 11.3. The molecule has 1 aromatic carbocycles. The highest BCUT2D eigenvalue weighted by Gasteiger charge is 2.17. The molecule has 0 radical (unpaired) electrons. The van der Waals surface area contributed by atoms with Gasteiger partial charge in [0.05, 0.1) is 11.1 Å². The van der Waals surface area contributed by atoms with Gasteiger partial charge in [-0.05, 0) is 41.1 Å². The minimum atomic E-state index is -0.683. The van der Waals surface area contributed by atoms with E-state index in [9.17, 15) is 9.18 Å². The van der Waals surface area contributed by atoms with Crippen LogP contribution in [0.15, 0.2) is 27.1 Å². The number of ether oxygens (including phenoxy) is 1. The average Bonchev–Trinajstić information content (AvgIpc) is 2.82. The number of benzene rings is 1. The molecule has 0 unspecified atom stereocenters. The zero-order valence-corrected chi connectivity index (χ0v) is 10.9. The number of carbonyl (C=O) groups excluding carboxylic acids is 1. The highest BCUT2D eigenvalue weighted by atomic mass is 79.9. The molecule has 0 N–H and O–H groups in total. The van der Waals surface area contributed by atoms with Crippen molar-refractivity contribution in [2.45, 2.75) is 6.92 Å². The lowest BCUT2D eigenvalue weighted by atomic mass is 10.2. The topological polar surface area (TPSA) is 65.2 Å². The predicted octanol–water partition coefficient (Wildman–Crippen LogP) is 2.81. The van der Waals surface area contributed by atoms with E-state index in [0.29, 0.717) is 5.56 Å². The van der Waals surface area contributed by atoms with E-state index in [0.717, 1.165) is 0 Å². The molecule has 0 aliphatic heterocycles. The van der Waals surface area contributed by atoms with Gasteiger partial charge in [-0.25, -0.2) is 9.18 Å². The fourth-order valence-electron chi connectivity index (χ4n) is 1.24. The molecular formula is C11H8BrFN2O3. The second-order valence-corrected chi connectivity index (χ2v) is 4.12. The van der Waals surface area contributed by atoms with Crippen LogP contribution in [0.5, 0.6) is 0 Å². The molecule has 94 valence electrons. The number of aromatic nitrogens is 2. The summed E-state index contributed by atoms with van der Waals surface area (Å²) in [6, 6.07) is 4.22. The SMILES string of the molecule is CCOC(=O)c1nnc(-c2ccc(F)c(Br)c2)o1. The number of halogens is 2. The average molecular weight is 315 g/mol. The third-order valence-corrected chi connectivity index (χ3v) is 2.65. The summed E-state index contributed by atoms with van der Waals surface area (Å²) in [6.07, 6.45) is 0. The first-order valence-corrected chi connectivity index (χ1v) is 5.87. The summed E-state index contributed by atoms with van der Waals surface area (Å²) in [7, 11) is 0. The second kappa shape index (κ2) is 5.26. The van der Waals surface area contributed by atoms with E-state index in [1.165, 1.54) is 18.2 Å². The van der Waals surface area contributed by atoms with E-state index in [4.69, 9.17) is 9.15 Å². The van der Waals surface area contributed by atoms with E-state index >= 15 is 0 Å².